The summed E-state index contributed by atoms with van der Waals surface area (Å²) in [5, 5.41) is 14.4. The monoisotopic (exact) mass is 242 g/mol. The Labute approximate surface area is 103 Å². The normalized spacial score (nSPS) is 10.4. The highest BCUT2D eigenvalue weighted by Gasteiger charge is 2.02. The van der Waals surface area contributed by atoms with Gasteiger partial charge in [0, 0.05) is 18.3 Å². The summed E-state index contributed by atoms with van der Waals surface area (Å²) in [6, 6.07) is 11.5. The van der Waals surface area contributed by atoms with E-state index in [9.17, 15) is 10.1 Å². The fourth-order valence-electron chi connectivity index (χ4n) is 1.28. The van der Waals surface area contributed by atoms with Gasteiger partial charge >= 0.3 is 0 Å². The van der Waals surface area contributed by atoms with Gasteiger partial charge in [-0.2, -0.15) is 5.10 Å². The molecule has 0 atom stereocenters. The van der Waals surface area contributed by atoms with E-state index in [2.05, 4.69) is 15.5 Å². The molecule has 0 aliphatic rings. The summed E-state index contributed by atoms with van der Waals surface area (Å²) in [5.41, 5.74) is 4.22. The van der Waals surface area contributed by atoms with Crippen LogP contribution < -0.4 is 5.43 Å². The number of aromatic nitrogens is 1. The van der Waals surface area contributed by atoms with Crippen molar-refractivity contribution in [2.24, 2.45) is 5.10 Å². The first-order valence-corrected chi connectivity index (χ1v) is 5.20. The van der Waals surface area contributed by atoms with E-state index in [1.165, 1.54) is 12.1 Å². The highest BCUT2D eigenvalue weighted by atomic mass is 16.6. The molecule has 0 saturated heterocycles. The first-order chi connectivity index (χ1) is 8.75. The minimum atomic E-state index is -0.444. The minimum Gasteiger partial charge on any atom is -0.278 e. The van der Waals surface area contributed by atoms with Crippen molar-refractivity contribution in [3.8, 4) is 0 Å². The fourth-order valence-corrected chi connectivity index (χ4v) is 1.28. The van der Waals surface area contributed by atoms with Crippen molar-refractivity contribution in [1.82, 2.24) is 4.98 Å². The van der Waals surface area contributed by atoms with E-state index < -0.39 is 4.92 Å². The lowest BCUT2D eigenvalue weighted by Crippen LogP contribution is -1.93. The molecular formula is C12H10N4O2. The van der Waals surface area contributed by atoms with E-state index in [4.69, 9.17) is 0 Å². The lowest BCUT2D eigenvalue weighted by atomic mass is 10.3. The number of non-ortho nitro benzene ring substituents is 1. The second-order valence-electron chi connectivity index (χ2n) is 3.43. The van der Waals surface area contributed by atoms with Crippen molar-refractivity contribution >= 4 is 17.6 Å². The number of anilines is 1. The molecule has 1 aromatic heterocycles. The largest absolute Gasteiger partial charge is 0.278 e. The molecule has 18 heavy (non-hydrogen) atoms. The zero-order valence-corrected chi connectivity index (χ0v) is 9.35. The van der Waals surface area contributed by atoms with Crippen LogP contribution in [-0.4, -0.2) is 16.1 Å². The van der Waals surface area contributed by atoms with Crippen LogP contribution in [-0.2, 0) is 0 Å². The molecule has 6 nitrogen and oxygen atoms in total. The maximum Gasteiger partial charge on any atom is 0.269 e. The number of pyridine rings is 1. The molecule has 0 radical (unpaired) electrons. The van der Waals surface area contributed by atoms with Crippen LogP contribution >= 0.6 is 0 Å². The summed E-state index contributed by atoms with van der Waals surface area (Å²) >= 11 is 0. The third-order valence-corrected chi connectivity index (χ3v) is 2.16. The summed E-state index contributed by atoms with van der Waals surface area (Å²) in [4.78, 5) is 14.1. The highest BCUT2D eigenvalue weighted by molar-refractivity contribution is 5.77. The third-order valence-electron chi connectivity index (χ3n) is 2.16. The maximum absolute atomic E-state index is 10.5. The topological polar surface area (TPSA) is 80.4 Å². The summed E-state index contributed by atoms with van der Waals surface area (Å²) in [7, 11) is 0. The zero-order valence-electron chi connectivity index (χ0n) is 9.35. The second kappa shape index (κ2) is 5.53. The Hall–Kier alpha value is -2.76. The number of nitrogens with one attached hydrogen (secondary N) is 1. The van der Waals surface area contributed by atoms with Gasteiger partial charge in [-0.25, -0.2) is 0 Å². The molecule has 6 heteroatoms. The molecule has 0 unspecified atom stereocenters. The number of nitrogens with zero attached hydrogens (tertiary/aromatic N) is 3. The van der Waals surface area contributed by atoms with Crippen LogP contribution in [0.1, 0.15) is 5.69 Å². The van der Waals surface area contributed by atoms with Gasteiger partial charge in [-0.15, -0.1) is 0 Å². The Balaban J connectivity index is 1.98. The van der Waals surface area contributed by atoms with Crippen LogP contribution in [0, 0.1) is 10.1 Å². The van der Waals surface area contributed by atoms with Gasteiger partial charge in [0.25, 0.3) is 5.69 Å². The Morgan fingerprint density at radius 3 is 2.61 bits per heavy atom. The average molecular weight is 242 g/mol. The Morgan fingerprint density at radius 2 is 2.00 bits per heavy atom. The van der Waals surface area contributed by atoms with Crippen molar-refractivity contribution in [3.63, 3.8) is 0 Å². The van der Waals surface area contributed by atoms with Crippen molar-refractivity contribution in [1.29, 1.82) is 0 Å². The molecule has 2 aromatic rings. The van der Waals surface area contributed by atoms with Crippen LogP contribution in [0.3, 0.4) is 0 Å². The van der Waals surface area contributed by atoms with Gasteiger partial charge in [0.15, 0.2) is 0 Å². The van der Waals surface area contributed by atoms with Crippen molar-refractivity contribution in [3.05, 3.63) is 64.5 Å². The number of benzene rings is 1. The van der Waals surface area contributed by atoms with Gasteiger partial charge < -0.3 is 0 Å². The number of nitro benzene ring substituents is 1. The first-order valence-electron chi connectivity index (χ1n) is 5.20. The van der Waals surface area contributed by atoms with Gasteiger partial charge in [-0.1, -0.05) is 6.07 Å². The van der Waals surface area contributed by atoms with E-state index in [1.807, 2.05) is 18.2 Å². The number of rotatable bonds is 4. The van der Waals surface area contributed by atoms with Crippen LogP contribution in [0.2, 0.25) is 0 Å². The molecule has 0 spiro atoms. The number of hydrogen-bond acceptors (Lipinski definition) is 5. The Kier molecular flexibility index (Phi) is 3.60. The van der Waals surface area contributed by atoms with Gasteiger partial charge in [0.2, 0.25) is 0 Å². The maximum atomic E-state index is 10.5. The summed E-state index contributed by atoms with van der Waals surface area (Å²) in [5.74, 6) is 0. The molecule has 2 rings (SSSR count). The lowest BCUT2D eigenvalue weighted by Gasteiger charge is -1.98. The summed E-state index contributed by atoms with van der Waals surface area (Å²) < 4.78 is 0. The predicted molar refractivity (Wildman–Crippen MR) is 68.6 cm³/mol. The lowest BCUT2D eigenvalue weighted by molar-refractivity contribution is -0.384. The standard InChI is InChI=1S/C12H10N4O2/c17-16(18)12-6-4-10(5-7-12)15-14-9-11-3-1-2-8-13-11/h1-9,15H/b14-9+. The van der Waals surface area contributed by atoms with E-state index in [1.54, 1.807) is 24.5 Å². The molecule has 1 aromatic carbocycles. The Bertz CT molecular complexity index is 552. The number of hydrogen-bond donors (Lipinski definition) is 1. The molecule has 1 N–H and O–H groups in total. The molecule has 1 heterocycles. The molecule has 0 aliphatic carbocycles. The average Bonchev–Trinajstić information content (AvgIpc) is 2.40. The molecule has 0 saturated carbocycles. The molecule has 0 aliphatic heterocycles. The van der Waals surface area contributed by atoms with Gasteiger partial charge in [0.05, 0.1) is 22.5 Å². The minimum absolute atomic E-state index is 0.0502. The molecule has 0 fully saturated rings. The third kappa shape index (κ3) is 3.11. The SMILES string of the molecule is O=[N+]([O-])c1ccc(N/N=C/c2ccccn2)cc1. The fraction of sp³-hybridized carbons (Fsp3) is 0. The second-order valence-corrected chi connectivity index (χ2v) is 3.43. The van der Waals surface area contributed by atoms with Gasteiger partial charge in [0.1, 0.15) is 0 Å². The summed E-state index contributed by atoms with van der Waals surface area (Å²) in [6.07, 6.45) is 3.24. The molecule has 0 bridgehead atoms. The van der Waals surface area contributed by atoms with E-state index in [-0.39, 0.29) is 5.69 Å². The summed E-state index contributed by atoms with van der Waals surface area (Å²) in [6.45, 7) is 0. The van der Waals surface area contributed by atoms with E-state index in [0.29, 0.717) is 5.69 Å². The van der Waals surface area contributed by atoms with E-state index >= 15 is 0 Å². The van der Waals surface area contributed by atoms with Crippen molar-refractivity contribution in [2.45, 2.75) is 0 Å². The molecule has 0 amide bonds. The number of nitro groups is 1. The zero-order chi connectivity index (χ0) is 12.8. The predicted octanol–water partition coefficient (Wildman–Crippen LogP) is 2.44. The Morgan fingerprint density at radius 1 is 1.22 bits per heavy atom. The van der Waals surface area contributed by atoms with Crippen LogP contribution in [0.25, 0.3) is 0 Å². The molecule has 90 valence electrons. The highest BCUT2D eigenvalue weighted by Crippen LogP contribution is 2.15. The van der Waals surface area contributed by atoms with Gasteiger partial charge in [-0.05, 0) is 24.3 Å². The van der Waals surface area contributed by atoms with Crippen molar-refractivity contribution < 1.29 is 4.92 Å². The smallest absolute Gasteiger partial charge is 0.269 e. The van der Waals surface area contributed by atoms with Crippen molar-refractivity contribution in [2.75, 3.05) is 5.43 Å². The van der Waals surface area contributed by atoms with Crippen LogP contribution in [0.5, 0.6) is 0 Å². The van der Waals surface area contributed by atoms with Gasteiger partial charge in [-0.3, -0.25) is 20.5 Å². The first kappa shape index (κ1) is 11.7. The quantitative estimate of drug-likeness (QED) is 0.507. The van der Waals surface area contributed by atoms with Crippen LogP contribution in [0.15, 0.2) is 53.8 Å². The van der Waals surface area contributed by atoms with Crippen LogP contribution in [0.4, 0.5) is 11.4 Å². The molecular weight excluding hydrogens is 232 g/mol. The number of hydrazone groups is 1. The van der Waals surface area contributed by atoms with E-state index in [0.717, 1.165) is 5.69 Å².